The Balaban J connectivity index is 1.14. The lowest BCUT2D eigenvalue weighted by atomic mass is 9.45. The summed E-state index contributed by atoms with van der Waals surface area (Å²) in [6.07, 6.45) is 0. The number of rotatable bonds is 4. The van der Waals surface area contributed by atoms with Gasteiger partial charge in [-0.2, -0.15) is 0 Å². The maximum atomic E-state index is 7.82. The van der Waals surface area contributed by atoms with Crippen LogP contribution in [0, 0.1) is 0 Å². The van der Waals surface area contributed by atoms with E-state index in [1.54, 1.807) is 0 Å². The monoisotopic (exact) mass is 950 g/mol. The topological polar surface area (TPSA) is 19.6 Å². The van der Waals surface area contributed by atoms with E-state index < -0.39 is 0 Å². The first-order valence-electron chi connectivity index (χ1n) is 26.4. The lowest BCUT2D eigenvalue weighted by molar-refractivity contribution is 0.590. The van der Waals surface area contributed by atoms with Crippen LogP contribution in [0.15, 0.2) is 211 Å². The van der Waals surface area contributed by atoms with Crippen molar-refractivity contribution in [3.63, 3.8) is 0 Å². The van der Waals surface area contributed by atoms with E-state index in [1.807, 2.05) is 0 Å². The van der Waals surface area contributed by atoms with Crippen molar-refractivity contribution in [3.05, 3.63) is 234 Å². The average molecular weight is 951 g/mol. The molecule has 2 aliphatic heterocycles. The van der Waals surface area contributed by atoms with Crippen LogP contribution in [0.1, 0.15) is 76.3 Å². The Labute approximate surface area is 434 Å². The highest BCUT2D eigenvalue weighted by atomic mass is 16.3. The van der Waals surface area contributed by atoms with E-state index in [9.17, 15) is 0 Å². The summed E-state index contributed by atoms with van der Waals surface area (Å²) < 4.78 is 7.82. The van der Waals surface area contributed by atoms with Crippen molar-refractivity contribution < 1.29 is 4.42 Å². The number of nitrogens with zero attached hydrogens (tertiary/aromatic N) is 2. The van der Waals surface area contributed by atoms with Crippen LogP contribution in [-0.4, -0.2) is 6.85 Å². The molecule has 1 aromatic heterocycles. The summed E-state index contributed by atoms with van der Waals surface area (Å²) in [4.78, 5) is 5.32. The average Bonchev–Trinajstić information content (AvgIpc) is 4.20. The van der Waals surface area contributed by atoms with Crippen molar-refractivity contribution in [2.24, 2.45) is 0 Å². The molecule has 0 bridgehead atoms. The van der Waals surface area contributed by atoms with Gasteiger partial charge in [0.2, 0.25) is 0 Å². The first-order valence-corrected chi connectivity index (χ1v) is 26.4. The summed E-state index contributed by atoms with van der Waals surface area (Å²) in [6.45, 7) is 16.3. The van der Waals surface area contributed by atoms with Gasteiger partial charge in [0.05, 0.1) is 11.4 Å². The van der Waals surface area contributed by atoms with Gasteiger partial charge in [0, 0.05) is 49.8 Å². The second-order valence-corrected chi connectivity index (χ2v) is 23.2. The van der Waals surface area contributed by atoms with Gasteiger partial charge in [-0.05, 0) is 137 Å². The Morgan fingerprint density at radius 3 is 1.78 bits per heavy atom. The molecular weight excluding hydrogens is 896 g/mol. The van der Waals surface area contributed by atoms with Crippen molar-refractivity contribution in [1.29, 1.82) is 0 Å². The van der Waals surface area contributed by atoms with Gasteiger partial charge in [0.25, 0.3) is 0 Å². The standard InChI is InChI=1S/C70H55BN2O/c1-68(2,3)46-33-37-60(52(38-46)44-22-12-9-13-23-44)72-64-51-36-32-45-24-14-15-25-48(45)66(51)74-67(64)71-63-56(40-55-50-27-17-19-29-58(50)70(6,7)62(55)65(63)72)54-39-53-49-26-16-18-28-57(49)69(4,5)59(53)41-61(54)73(71)47-34-30-43(31-35-47)42-20-10-8-11-21-42/h8-41H,1-7H3. The number of hydrogen-bond acceptors (Lipinski definition) is 3. The molecule has 10 aromatic carbocycles. The predicted molar refractivity (Wildman–Crippen MR) is 312 cm³/mol. The fourth-order valence-corrected chi connectivity index (χ4v) is 13.7. The minimum atomic E-state index is -0.357. The van der Waals surface area contributed by atoms with Crippen LogP contribution in [0.25, 0.3) is 77.4 Å². The Bertz CT molecular complexity index is 4180. The number of hydrogen-bond donors (Lipinski definition) is 0. The zero-order valence-electron chi connectivity index (χ0n) is 43.0. The molecule has 74 heavy (non-hydrogen) atoms. The van der Waals surface area contributed by atoms with E-state index in [-0.39, 0.29) is 23.1 Å². The zero-order valence-corrected chi connectivity index (χ0v) is 43.0. The molecule has 0 radical (unpaired) electrons. The molecule has 3 heterocycles. The molecule has 11 aromatic rings. The highest BCUT2D eigenvalue weighted by Crippen LogP contribution is 2.61. The highest BCUT2D eigenvalue weighted by molar-refractivity contribution is 6.93. The van der Waals surface area contributed by atoms with Crippen LogP contribution in [0.3, 0.4) is 0 Å². The molecule has 4 heteroatoms. The smallest absolute Gasteiger partial charge is 0.375 e. The van der Waals surface area contributed by atoms with E-state index in [0.717, 1.165) is 44.5 Å². The number of fused-ring (bicyclic) bond motifs is 15. The predicted octanol–water partition coefficient (Wildman–Crippen LogP) is 17.5. The molecule has 3 nitrogen and oxygen atoms in total. The van der Waals surface area contributed by atoms with E-state index in [4.69, 9.17) is 4.42 Å². The van der Waals surface area contributed by atoms with Gasteiger partial charge in [-0.25, -0.2) is 0 Å². The molecule has 15 rings (SSSR count). The van der Waals surface area contributed by atoms with Crippen LogP contribution >= 0.6 is 0 Å². The van der Waals surface area contributed by atoms with Gasteiger partial charge >= 0.3 is 6.85 Å². The second-order valence-electron chi connectivity index (χ2n) is 23.2. The Morgan fingerprint density at radius 1 is 0.432 bits per heavy atom. The van der Waals surface area contributed by atoms with E-state index >= 15 is 0 Å². The third-order valence-electron chi connectivity index (χ3n) is 17.4. The molecule has 0 N–H and O–H groups in total. The van der Waals surface area contributed by atoms with Crippen LogP contribution in [0.4, 0.5) is 28.4 Å². The SMILES string of the molecule is CC(C)(C)c1ccc(N2c3c4c(cc5c3C(C)(C)c3ccccc3-5)-c3cc5c(cc3N(c3ccc(-c6ccccc6)cc3)B4c3oc4c(ccc6ccccc64)c32)C(C)(C)c2ccccc2-5)c(-c2ccccc2)c1. The first kappa shape index (κ1) is 43.3. The van der Waals surface area contributed by atoms with Crippen LogP contribution in [0.5, 0.6) is 0 Å². The molecule has 2 aliphatic carbocycles. The molecule has 354 valence electrons. The van der Waals surface area contributed by atoms with Gasteiger partial charge in [-0.15, -0.1) is 0 Å². The largest absolute Gasteiger partial charge is 0.465 e. The minimum absolute atomic E-state index is 0.0774. The fourth-order valence-electron chi connectivity index (χ4n) is 13.7. The number of benzene rings is 10. The van der Waals surface area contributed by atoms with Crippen LogP contribution in [-0.2, 0) is 16.2 Å². The van der Waals surface area contributed by atoms with Crippen LogP contribution < -0.4 is 20.8 Å². The normalized spacial score (nSPS) is 15.1. The van der Waals surface area contributed by atoms with E-state index in [0.29, 0.717) is 0 Å². The maximum Gasteiger partial charge on any atom is 0.375 e. The van der Waals surface area contributed by atoms with Crippen molar-refractivity contribution in [2.75, 3.05) is 9.71 Å². The van der Waals surface area contributed by atoms with Crippen molar-refractivity contribution in [1.82, 2.24) is 0 Å². The van der Waals surface area contributed by atoms with E-state index in [1.165, 1.54) is 100 Å². The van der Waals surface area contributed by atoms with Crippen molar-refractivity contribution in [2.45, 2.75) is 64.7 Å². The maximum absolute atomic E-state index is 7.82. The van der Waals surface area contributed by atoms with Gasteiger partial charge in [-0.3, -0.25) is 0 Å². The number of anilines is 5. The zero-order chi connectivity index (χ0) is 50.0. The molecule has 0 fully saturated rings. The van der Waals surface area contributed by atoms with Crippen LogP contribution in [0.2, 0.25) is 0 Å². The molecule has 4 aliphatic rings. The Hall–Kier alpha value is -8.34. The summed E-state index contributed by atoms with van der Waals surface area (Å²) in [6, 6.07) is 77.6. The molecule has 0 spiro atoms. The molecule has 0 atom stereocenters. The summed E-state index contributed by atoms with van der Waals surface area (Å²) in [5.74, 6) is 0. The lowest BCUT2D eigenvalue weighted by Crippen LogP contribution is -2.61. The summed E-state index contributed by atoms with van der Waals surface area (Å²) >= 11 is 0. The van der Waals surface area contributed by atoms with Crippen molar-refractivity contribution >= 4 is 68.1 Å². The second kappa shape index (κ2) is 15.1. The third kappa shape index (κ3) is 5.85. The Morgan fingerprint density at radius 2 is 1.05 bits per heavy atom. The molecule has 0 unspecified atom stereocenters. The van der Waals surface area contributed by atoms with Gasteiger partial charge in [0.1, 0.15) is 11.2 Å². The lowest BCUT2D eigenvalue weighted by Gasteiger charge is -2.46. The quantitative estimate of drug-likeness (QED) is 0.164. The molecule has 0 saturated heterocycles. The summed E-state index contributed by atoms with van der Waals surface area (Å²) in [5.41, 5.74) is 27.4. The Kier molecular flexibility index (Phi) is 8.84. The van der Waals surface area contributed by atoms with E-state index in [2.05, 4.69) is 264 Å². The molecule has 0 amide bonds. The summed E-state index contributed by atoms with van der Waals surface area (Å²) in [7, 11) is 0. The number of furan rings is 1. The highest BCUT2D eigenvalue weighted by Gasteiger charge is 2.53. The van der Waals surface area contributed by atoms with Crippen molar-refractivity contribution in [3.8, 4) is 55.6 Å². The van der Waals surface area contributed by atoms with Gasteiger partial charge < -0.3 is 14.1 Å². The first-order chi connectivity index (χ1) is 35.9. The van der Waals surface area contributed by atoms with Gasteiger partial charge in [0.15, 0.2) is 0 Å². The minimum Gasteiger partial charge on any atom is -0.465 e. The molecule has 0 saturated carbocycles. The molecular formula is C70H55BN2O. The fraction of sp³-hybridized carbons (Fsp3) is 0.143. The third-order valence-corrected chi connectivity index (χ3v) is 17.4. The summed E-state index contributed by atoms with van der Waals surface area (Å²) in [5, 5.41) is 3.37. The van der Waals surface area contributed by atoms with Gasteiger partial charge in [-0.1, -0.05) is 206 Å².